The Labute approximate surface area is 143 Å². The maximum Gasteiger partial charge on any atom is 0.314 e. The number of ether oxygens (including phenoxy) is 1. The first-order valence-electron chi connectivity index (χ1n) is 8.70. The first-order valence-corrected chi connectivity index (χ1v) is 9.07. The van der Waals surface area contributed by atoms with Crippen LogP contribution < -0.4 is 4.74 Å². The molecule has 1 aromatic rings. The van der Waals surface area contributed by atoms with Crippen molar-refractivity contribution in [2.24, 2.45) is 5.92 Å². The van der Waals surface area contributed by atoms with Gasteiger partial charge in [0.05, 0.1) is 17.0 Å². The molecule has 0 spiro atoms. The molecule has 0 aromatic heterocycles. The van der Waals surface area contributed by atoms with Gasteiger partial charge in [-0.25, -0.2) is 0 Å². The van der Waals surface area contributed by atoms with Crippen LogP contribution in [0.5, 0.6) is 5.75 Å². The Kier molecular flexibility index (Phi) is 4.86. The van der Waals surface area contributed by atoms with Crippen molar-refractivity contribution in [3.63, 3.8) is 0 Å². The smallest absolute Gasteiger partial charge is 0.314 e. The fourth-order valence-corrected chi connectivity index (χ4v) is 4.17. The molecule has 2 saturated carbocycles. The minimum absolute atomic E-state index is 0.547. The zero-order valence-corrected chi connectivity index (χ0v) is 14.5. The van der Waals surface area contributed by atoms with Gasteiger partial charge in [-0.1, -0.05) is 43.4 Å². The van der Waals surface area contributed by atoms with E-state index in [9.17, 15) is 9.90 Å². The van der Waals surface area contributed by atoms with Gasteiger partial charge in [0, 0.05) is 5.56 Å². The number of hydrogen-bond acceptors (Lipinski definition) is 2. The number of carboxylic acid groups (broad SMARTS) is 1. The maximum absolute atomic E-state index is 12.2. The number of hydrogen-bond donors (Lipinski definition) is 1. The minimum Gasteiger partial charge on any atom is -0.491 e. The number of carboxylic acids is 1. The fraction of sp³-hybridized carbons (Fsp3) is 0.632. The van der Waals surface area contributed by atoms with Gasteiger partial charge in [-0.3, -0.25) is 4.79 Å². The highest BCUT2D eigenvalue weighted by molar-refractivity contribution is 6.32. The molecule has 0 radical (unpaired) electrons. The number of aliphatic carboxylic acids is 1. The summed E-state index contributed by atoms with van der Waals surface area (Å²) in [5.74, 6) is 0.452. The Morgan fingerprint density at radius 1 is 1.26 bits per heavy atom. The second kappa shape index (κ2) is 6.72. The lowest BCUT2D eigenvalue weighted by atomic mass is 9.69. The standard InChI is InChI=1S/C19H25ClO3/c1-13-10-15(19(18(21)22)8-3-2-4-9-19)17(16(20)11-13)23-12-14-6-5-7-14/h10-11,14H,2-9,12H2,1H3,(H,21,22). The molecule has 2 aliphatic rings. The van der Waals surface area contributed by atoms with Crippen molar-refractivity contribution in [1.82, 2.24) is 0 Å². The molecule has 2 fully saturated rings. The number of benzene rings is 1. The molecule has 1 aromatic carbocycles. The van der Waals surface area contributed by atoms with Crippen LogP contribution in [0, 0.1) is 12.8 Å². The molecule has 3 nitrogen and oxygen atoms in total. The summed E-state index contributed by atoms with van der Waals surface area (Å²) in [5.41, 5.74) is 0.935. The lowest BCUT2D eigenvalue weighted by Crippen LogP contribution is -2.38. The molecular formula is C19H25ClO3. The monoisotopic (exact) mass is 336 g/mol. The highest BCUT2D eigenvalue weighted by Crippen LogP contribution is 2.46. The van der Waals surface area contributed by atoms with Crippen LogP contribution in [-0.4, -0.2) is 17.7 Å². The highest BCUT2D eigenvalue weighted by Gasteiger charge is 2.44. The summed E-state index contributed by atoms with van der Waals surface area (Å²) in [6, 6.07) is 3.85. The molecule has 126 valence electrons. The van der Waals surface area contributed by atoms with Crippen LogP contribution in [0.3, 0.4) is 0 Å². The zero-order chi connectivity index (χ0) is 16.4. The van der Waals surface area contributed by atoms with Crippen LogP contribution in [0.1, 0.15) is 62.5 Å². The number of aryl methyl sites for hydroxylation is 1. The molecule has 0 unspecified atom stereocenters. The quantitative estimate of drug-likeness (QED) is 0.812. The van der Waals surface area contributed by atoms with Crippen molar-refractivity contribution in [1.29, 1.82) is 0 Å². The minimum atomic E-state index is -0.844. The van der Waals surface area contributed by atoms with E-state index in [1.165, 1.54) is 19.3 Å². The molecule has 0 atom stereocenters. The third-order valence-electron chi connectivity index (χ3n) is 5.51. The van der Waals surface area contributed by atoms with Gasteiger partial charge in [-0.2, -0.15) is 0 Å². The summed E-state index contributed by atoms with van der Waals surface area (Å²) in [6.45, 7) is 2.61. The average Bonchev–Trinajstić information content (AvgIpc) is 2.47. The van der Waals surface area contributed by atoms with Crippen LogP contribution in [0.15, 0.2) is 12.1 Å². The van der Waals surface area contributed by atoms with E-state index in [1.807, 2.05) is 19.1 Å². The second-order valence-corrected chi connectivity index (χ2v) is 7.59. The lowest BCUT2D eigenvalue weighted by molar-refractivity contribution is -0.145. The molecule has 23 heavy (non-hydrogen) atoms. The van der Waals surface area contributed by atoms with Gasteiger partial charge in [-0.15, -0.1) is 0 Å². The molecule has 3 rings (SSSR count). The van der Waals surface area contributed by atoms with E-state index in [4.69, 9.17) is 16.3 Å². The van der Waals surface area contributed by atoms with Gasteiger partial charge in [0.15, 0.2) is 0 Å². The van der Waals surface area contributed by atoms with Crippen molar-refractivity contribution in [3.05, 3.63) is 28.3 Å². The Hall–Kier alpha value is -1.22. The number of halogens is 1. The number of carbonyl (C=O) groups is 1. The summed E-state index contributed by atoms with van der Waals surface area (Å²) in [6.07, 6.45) is 7.99. The van der Waals surface area contributed by atoms with E-state index in [0.29, 0.717) is 36.1 Å². The Bertz CT molecular complexity index is 587. The third-order valence-corrected chi connectivity index (χ3v) is 5.79. The van der Waals surface area contributed by atoms with E-state index < -0.39 is 11.4 Å². The van der Waals surface area contributed by atoms with Gasteiger partial charge >= 0.3 is 5.97 Å². The molecule has 0 bridgehead atoms. The Morgan fingerprint density at radius 2 is 1.96 bits per heavy atom. The topological polar surface area (TPSA) is 46.5 Å². The summed E-state index contributed by atoms with van der Waals surface area (Å²) >= 11 is 6.45. The molecule has 0 amide bonds. The summed E-state index contributed by atoms with van der Waals surface area (Å²) in [5, 5.41) is 10.5. The van der Waals surface area contributed by atoms with Crippen LogP contribution in [-0.2, 0) is 10.2 Å². The SMILES string of the molecule is Cc1cc(Cl)c(OCC2CCC2)c(C2(C(=O)O)CCCCC2)c1. The van der Waals surface area contributed by atoms with Crippen LogP contribution in [0.25, 0.3) is 0 Å². The molecular weight excluding hydrogens is 312 g/mol. The van der Waals surface area contributed by atoms with Crippen molar-refractivity contribution < 1.29 is 14.6 Å². The largest absolute Gasteiger partial charge is 0.491 e. The molecule has 2 aliphatic carbocycles. The van der Waals surface area contributed by atoms with Crippen LogP contribution in [0.4, 0.5) is 0 Å². The van der Waals surface area contributed by atoms with Gasteiger partial charge in [-0.05, 0) is 50.2 Å². The van der Waals surface area contributed by atoms with E-state index in [1.54, 1.807) is 0 Å². The van der Waals surface area contributed by atoms with Crippen LogP contribution >= 0.6 is 11.6 Å². The second-order valence-electron chi connectivity index (χ2n) is 7.18. The van der Waals surface area contributed by atoms with Crippen LogP contribution in [0.2, 0.25) is 5.02 Å². The molecule has 1 N–H and O–H groups in total. The molecule has 0 saturated heterocycles. The maximum atomic E-state index is 12.2. The molecule has 0 heterocycles. The first-order chi connectivity index (χ1) is 11.0. The third kappa shape index (κ3) is 3.21. The van der Waals surface area contributed by atoms with Crippen molar-refractivity contribution in [2.45, 2.75) is 63.7 Å². The Morgan fingerprint density at radius 3 is 2.52 bits per heavy atom. The van der Waals surface area contributed by atoms with E-state index >= 15 is 0 Å². The first kappa shape index (κ1) is 16.6. The zero-order valence-electron chi connectivity index (χ0n) is 13.7. The van der Waals surface area contributed by atoms with Gasteiger partial charge in [0.1, 0.15) is 5.75 Å². The summed E-state index contributed by atoms with van der Waals surface area (Å²) in [7, 11) is 0. The average molecular weight is 337 g/mol. The van der Waals surface area contributed by atoms with E-state index in [0.717, 1.165) is 30.4 Å². The van der Waals surface area contributed by atoms with Crippen molar-refractivity contribution in [3.8, 4) is 5.75 Å². The normalized spacial score (nSPS) is 20.8. The van der Waals surface area contributed by atoms with Gasteiger partial charge < -0.3 is 9.84 Å². The Balaban J connectivity index is 1.98. The summed E-state index contributed by atoms with van der Waals surface area (Å²) < 4.78 is 6.06. The van der Waals surface area contributed by atoms with Gasteiger partial charge in [0.25, 0.3) is 0 Å². The molecule has 4 heteroatoms. The van der Waals surface area contributed by atoms with E-state index in [-0.39, 0.29) is 0 Å². The molecule has 0 aliphatic heterocycles. The fourth-order valence-electron chi connectivity index (χ4n) is 3.85. The predicted octanol–water partition coefficient (Wildman–Crippen LogP) is 5.11. The highest BCUT2D eigenvalue weighted by atomic mass is 35.5. The van der Waals surface area contributed by atoms with Crippen molar-refractivity contribution in [2.75, 3.05) is 6.61 Å². The number of rotatable bonds is 5. The summed E-state index contributed by atoms with van der Waals surface area (Å²) in [4.78, 5) is 12.2. The lowest BCUT2D eigenvalue weighted by Gasteiger charge is -2.36. The van der Waals surface area contributed by atoms with Crippen molar-refractivity contribution >= 4 is 17.6 Å². The predicted molar refractivity (Wildman–Crippen MR) is 91.4 cm³/mol. The van der Waals surface area contributed by atoms with Gasteiger partial charge in [0.2, 0.25) is 0 Å². The van der Waals surface area contributed by atoms with E-state index in [2.05, 4.69) is 0 Å².